The minimum absolute atomic E-state index is 0.0594. The van der Waals surface area contributed by atoms with Crippen LogP contribution < -0.4 is 10.5 Å². The summed E-state index contributed by atoms with van der Waals surface area (Å²) >= 11 is 7.35. The zero-order valence-corrected chi connectivity index (χ0v) is 12.3. The first kappa shape index (κ1) is 14.6. The van der Waals surface area contributed by atoms with Crippen molar-refractivity contribution >= 4 is 29.2 Å². The van der Waals surface area contributed by atoms with Crippen LogP contribution in [0, 0.1) is 0 Å². The maximum absolute atomic E-state index is 8.85. The predicted octanol–water partition coefficient (Wildman–Crippen LogP) is 3.59. The van der Waals surface area contributed by atoms with Crippen LogP contribution in [0.5, 0.6) is 5.75 Å². The highest BCUT2D eigenvalue weighted by atomic mass is 35.5. The molecule has 0 amide bonds. The first-order valence-electron chi connectivity index (χ1n) is 5.73. The quantitative estimate of drug-likeness (QED) is 0.392. The molecule has 0 saturated heterocycles. The molecule has 0 radical (unpaired) electrons. The van der Waals surface area contributed by atoms with Crippen LogP contribution in [-0.4, -0.2) is 18.2 Å². The molecule has 20 heavy (non-hydrogen) atoms. The van der Waals surface area contributed by atoms with Crippen LogP contribution in [-0.2, 0) is 0 Å². The number of benzene rings is 2. The van der Waals surface area contributed by atoms with E-state index in [4.69, 9.17) is 27.3 Å². The number of methoxy groups -OCH3 is 1. The zero-order chi connectivity index (χ0) is 14.5. The lowest BCUT2D eigenvalue weighted by atomic mass is 10.2. The van der Waals surface area contributed by atoms with Crippen LogP contribution in [0.15, 0.2) is 57.4 Å². The SMILES string of the molecule is COc1ccc(/C(N)=N/O)c(Sc2ccc(Cl)cc2)c1. The molecule has 4 nitrogen and oxygen atoms in total. The van der Waals surface area contributed by atoms with Gasteiger partial charge in [-0.3, -0.25) is 0 Å². The van der Waals surface area contributed by atoms with Crippen molar-refractivity contribution in [1.82, 2.24) is 0 Å². The van der Waals surface area contributed by atoms with Gasteiger partial charge >= 0.3 is 0 Å². The van der Waals surface area contributed by atoms with Gasteiger partial charge in [0, 0.05) is 20.4 Å². The molecule has 0 aromatic heterocycles. The van der Waals surface area contributed by atoms with Gasteiger partial charge in [0.2, 0.25) is 0 Å². The lowest BCUT2D eigenvalue weighted by molar-refractivity contribution is 0.318. The molecule has 3 N–H and O–H groups in total. The number of nitrogens with zero attached hydrogens (tertiary/aromatic N) is 1. The summed E-state index contributed by atoms with van der Waals surface area (Å²) in [5.41, 5.74) is 6.34. The van der Waals surface area contributed by atoms with Crippen molar-refractivity contribution in [1.29, 1.82) is 0 Å². The molecule has 0 atom stereocenters. The van der Waals surface area contributed by atoms with Gasteiger partial charge in [-0.1, -0.05) is 28.5 Å². The van der Waals surface area contributed by atoms with Crippen LogP contribution in [0.2, 0.25) is 5.02 Å². The first-order chi connectivity index (χ1) is 9.63. The number of nitrogens with two attached hydrogens (primary N) is 1. The van der Waals surface area contributed by atoms with Gasteiger partial charge in [-0.2, -0.15) is 0 Å². The van der Waals surface area contributed by atoms with E-state index in [0.29, 0.717) is 16.3 Å². The smallest absolute Gasteiger partial charge is 0.171 e. The third kappa shape index (κ3) is 3.37. The highest BCUT2D eigenvalue weighted by Gasteiger charge is 2.10. The van der Waals surface area contributed by atoms with Gasteiger partial charge in [0.1, 0.15) is 5.75 Å². The molecule has 0 saturated carbocycles. The van der Waals surface area contributed by atoms with Crippen LogP contribution in [0.1, 0.15) is 5.56 Å². The second-order valence-corrected chi connectivity index (χ2v) is 5.46. The Labute approximate surface area is 126 Å². The Bertz CT molecular complexity index is 630. The molecule has 0 heterocycles. The van der Waals surface area contributed by atoms with E-state index in [1.54, 1.807) is 19.2 Å². The Hall–Kier alpha value is -1.85. The van der Waals surface area contributed by atoms with Crippen molar-refractivity contribution in [2.45, 2.75) is 9.79 Å². The van der Waals surface area contributed by atoms with Crippen molar-refractivity contribution < 1.29 is 9.94 Å². The predicted molar refractivity (Wildman–Crippen MR) is 81.1 cm³/mol. The lowest BCUT2D eigenvalue weighted by Crippen LogP contribution is -2.14. The number of oxime groups is 1. The highest BCUT2D eigenvalue weighted by molar-refractivity contribution is 7.99. The molecular formula is C14H13ClN2O2S. The Balaban J connectivity index is 2.39. The molecule has 6 heteroatoms. The molecule has 2 rings (SSSR count). The number of ether oxygens (including phenoxy) is 1. The van der Waals surface area contributed by atoms with Crippen molar-refractivity contribution in [3.8, 4) is 5.75 Å². The van der Waals surface area contributed by atoms with E-state index < -0.39 is 0 Å². The number of rotatable bonds is 4. The normalized spacial score (nSPS) is 11.4. The molecule has 0 unspecified atom stereocenters. The minimum Gasteiger partial charge on any atom is -0.497 e. The molecule has 2 aromatic rings. The van der Waals surface area contributed by atoms with Crippen LogP contribution in [0.25, 0.3) is 0 Å². The van der Waals surface area contributed by atoms with Crippen LogP contribution in [0.4, 0.5) is 0 Å². The molecule has 0 aliphatic rings. The molecular weight excluding hydrogens is 296 g/mol. The van der Waals surface area contributed by atoms with Crippen molar-refractivity contribution in [3.63, 3.8) is 0 Å². The third-order valence-electron chi connectivity index (χ3n) is 2.61. The Morgan fingerprint density at radius 3 is 2.55 bits per heavy atom. The van der Waals surface area contributed by atoms with Gasteiger partial charge in [0.25, 0.3) is 0 Å². The van der Waals surface area contributed by atoms with Gasteiger partial charge in [-0.25, -0.2) is 0 Å². The summed E-state index contributed by atoms with van der Waals surface area (Å²) in [6.07, 6.45) is 0. The molecule has 2 aromatic carbocycles. The number of hydrogen-bond acceptors (Lipinski definition) is 4. The Kier molecular flexibility index (Phi) is 4.76. The summed E-state index contributed by atoms with van der Waals surface area (Å²) < 4.78 is 5.20. The summed E-state index contributed by atoms with van der Waals surface area (Å²) in [6, 6.07) is 12.8. The fourth-order valence-corrected chi connectivity index (χ4v) is 2.72. The van der Waals surface area contributed by atoms with E-state index in [0.717, 1.165) is 9.79 Å². The average molecular weight is 309 g/mol. The number of hydrogen-bond donors (Lipinski definition) is 2. The summed E-state index contributed by atoms with van der Waals surface area (Å²) in [4.78, 5) is 1.83. The second-order valence-electron chi connectivity index (χ2n) is 3.90. The highest BCUT2D eigenvalue weighted by Crippen LogP contribution is 2.33. The summed E-state index contributed by atoms with van der Waals surface area (Å²) in [5, 5.41) is 12.6. The van der Waals surface area contributed by atoms with Gasteiger partial charge in [0.05, 0.1) is 7.11 Å². The van der Waals surface area contributed by atoms with Crippen LogP contribution in [0.3, 0.4) is 0 Å². The Morgan fingerprint density at radius 1 is 1.25 bits per heavy atom. The van der Waals surface area contributed by atoms with E-state index in [1.165, 1.54) is 11.8 Å². The van der Waals surface area contributed by atoms with E-state index in [1.807, 2.05) is 30.3 Å². The maximum Gasteiger partial charge on any atom is 0.171 e. The van der Waals surface area contributed by atoms with Crippen molar-refractivity contribution in [3.05, 3.63) is 53.1 Å². The number of halogens is 1. The Morgan fingerprint density at radius 2 is 1.95 bits per heavy atom. The lowest BCUT2D eigenvalue weighted by Gasteiger charge is -2.10. The number of amidine groups is 1. The van der Waals surface area contributed by atoms with Gasteiger partial charge in [-0.05, 0) is 42.5 Å². The fraction of sp³-hybridized carbons (Fsp3) is 0.0714. The second kappa shape index (κ2) is 6.54. The molecule has 0 fully saturated rings. The van der Waals surface area contributed by atoms with Crippen molar-refractivity contribution in [2.24, 2.45) is 10.9 Å². The van der Waals surface area contributed by atoms with E-state index >= 15 is 0 Å². The molecule has 0 bridgehead atoms. The largest absolute Gasteiger partial charge is 0.497 e. The topological polar surface area (TPSA) is 67.8 Å². The zero-order valence-electron chi connectivity index (χ0n) is 10.7. The summed E-state index contributed by atoms with van der Waals surface area (Å²) in [7, 11) is 1.59. The van der Waals surface area contributed by atoms with E-state index in [2.05, 4.69) is 5.16 Å². The molecule has 104 valence electrons. The standard InChI is InChI=1S/C14H13ClN2O2S/c1-19-10-4-7-12(14(16)17-18)13(8-10)20-11-5-2-9(15)3-6-11/h2-8,18H,1H3,(H2,16,17). The van der Waals surface area contributed by atoms with Crippen molar-refractivity contribution in [2.75, 3.05) is 7.11 Å². The molecule has 0 aliphatic heterocycles. The maximum atomic E-state index is 8.85. The van der Waals surface area contributed by atoms with E-state index in [-0.39, 0.29) is 5.84 Å². The van der Waals surface area contributed by atoms with Gasteiger partial charge in [0.15, 0.2) is 5.84 Å². The summed E-state index contributed by atoms with van der Waals surface area (Å²) in [5.74, 6) is 0.764. The third-order valence-corrected chi connectivity index (χ3v) is 3.93. The van der Waals surface area contributed by atoms with E-state index in [9.17, 15) is 0 Å². The summed E-state index contributed by atoms with van der Waals surface area (Å²) in [6.45, 7) is 0. The minimum atomic E-state index is 0.0594. The fourth-order valence-electron chi connectivity index (χ4n) is 1.61. The molecule has 0 spiro atoms. The average Bonchev–Trinajstić information content (AvgIpc) is 2.48. The van der Waals surface area contributed by atoms with Crippen LogP contribution >= 0.6 is 23.4 Å². The monoisotopic (exact) mass is 308 g/mol. The van der Waals surface area contributed by atoms with Gasteiger partial charge < -0.3 is 15.7 Å². The molecule has 0 aliphatic carbocycles. The first-order valence-corrected chi connectivity index (χ1v) is 6.93. The van der Waals surface area contributed by atoms with Gasteiger partial charge in [-0.15, -0.1) is 0 Å².